The monoisotopic (exact) mass is 176 g/mol. The first-order valence-corrected chi connectivity index (χ1v) is 3.99. The van der Waals surface area contributed by atoms with E-state index >= 15 is 0 Å². The normalized spacial score (nSPS) is 32.2. The Labute approximate surface area is 72.7 Å². The van der Waals surface area contributed by atoms with Crippen LogP contribution in [-0.2, 0) is 18.9 Å². The molecular formula is C8H16O4. The highest BCUT2D eigenvalue weighted by molar-refractivity contribution is 4.82. The minimum absolute atomic E-state index is 0.0197. The average molecular weight is 176 g/mol. The van der Waals surface area contributed by atoms with E-state index in [1.54, 1.807) is 21.3 Å². The van der Waals surface area contributed by atoms with Crippen LogP contribution in [0.3, 0.4) is 0 Å². The van der Waals surface area contributed by atoms with Gasteiger partial charge in [-0.05, 0) is 0 Å². The zero-order valence-corrected chi connectivity index (χ0v) is 7.78. The molecule has 4 nitrogen and oxygen atoms in total. The summed E-state index contributed by atoms with van der Waals surface area (Å²) in [5.41, 5.74) is 0. The highest BCUT2D eigenvalue weighted by atomic mass is 16.6. The third-order valence-corrected chi connectivity index (χ3v) is 2.17. The van der Waals surface area contributed by atoms with Crippen molar-refractivity contribution in [1.29, 1.82) is 0 Å². The molecule has 2 atom stereocenters. The Hall–Kier alpha value is -0.160. The van der Waals surface area contributed by atoms with Crippen LogP contribution >= 0.6 is 0 Å². The van der Waals surface area contributed by atoms with Crippen LogP contribution in [0.2, 0.25) is 0 Å². The van der Waals surface area contributed by atoms with Crippen LogP contribution in [0, 0.1) is 0 Å². The molecule has 1 saturated heterocycles. The van der Waals surface area contributed by atoms with Gasteiger partial charge < -0.3 is 18.9 Å². The average Bonchev–Trinajstić information content (AvgIpc) is 2.16. The highest BCUT2D eigenvalue weighted by Crippen LogP contribution is 2.16. The Morgan fingerprint density at radius 1 is 0.917 bits per heavy atom. The molecule has 1 aliphatic rings. The van der Waals surface area contributed by atoms with Gasteiger partial charge in [0.1, 0.15) is 18.3 Å². The molecule has 1 heterocycles. The molecule has 1 aliphatic heterocycles. The van der Waals surface area contributed by atoms with Gasteiger partial charge in [0.2, 0.25) is 0 Å². The highest BCUT2D eigenvalue weighted by Gasteiger charge is 2.34. The topological polar surface area (TPSA) is 36.9 Å². The van der Waals surface area contributed by atoms with Gasteiger partial charge in [-0.15, -0.1) is 0 Å². The second-order valence-electron chi connectivity index (χ2n) is 2.79. The van der Waals surface area contributed by atoms with E-state index in [9.17, 15) is 0 Å². The summed E-state index contributed by atoms with van der Waals surface area (Å²) in [4.78, 5) is 0. The lowest BCUT2D eigenvalue weighted by Gasteiger charge is -2.35. The Morgan fingerprint density at radius 3 is 1.75 bits per heavy atom. The summed E-state index contributed by atoms with van der Waals surface area (Å²) >= 11 is 0. The van der Waals surface area contributed by atoms with E-state index in [2.05, 4.69) is 0 Å². The van der Waals surface area contributed by atoms with E-state index in [1.807, 2.05) is 0 Å². The molecule has 0 radical (unpaired) electrons. The van der Waals surface area contributed by atoms with E-state index < -0.39 is 0 Å². The molecule has 0 aromatic rings. The van der Waals surface area contributed by atoms with Crippen LogP contribution in [0.1, 0.15) is 0 Å². The summed E-state index contributed by atoms with van der Waals surface area (Å²) in [6, 6.07) is 0. The lowest BCUT2D eigenvalue weighted by molar-refractivity contribution is -0.180. The maximum absolute atomic E-state index is 5.28. The summed E-state index contributed by atoms with van der Waals surface area (Å²) < 4.78 is 20.9. The van der Waals surface area contributed by atoms with Crippen molar-refractivity contribution in [3.05, 3.63) is 0 Å². The molecule has 4 heteroatoms. The van der Waals surface area contributed by atoms with E-state index in [4.69, 9.17) is 18.9 Å². The molecule has 1 fully saturated rings. The van der Waals surface area contributed by atoms with Gasteiger partial charge in [0.05, 0.1) is 13.2 Å². The first-order chi connectivity index (χ1) is 5.83. The van der Waals surface area contributed by atoms with Gasteiger partial charge in [-0.3, -0.25) is 0 Å². The molecule has 0 N–H and O–H groups in total. The van der Waals surface area contributed by atoms with Crippen molar-refractivity contribution in [2.75, 3.05) is 34.5 Å². The second kappa shape index (κ2) is 4.77. The third-order valence-electron chi connectivity index (χ3n) is 2.17. The van der Waals surface area contributed by atoms with Crippen LogP contribution in [0.15, 0.2) is 0 Å². The van der Waals surface area contributed by atoms with Crippen molar-refractivity contribution >= 4 is 0 Å². The summed E-state index contributed by atoms with van der Waals surface area (Å²) in [6.45, 7) is 1.16. The van der Waals surface area contributed by atoms with Crippen LogP contribution in [-0.4, -0.2) is 52.9 Å². The Balaban J connectivity index is 2.52. The zero-order chi connectivity index (χ0) is 8.97. The van der Waals surface area contributed by atoms with Gasteiger partial charge in [-0.25, -0.2) is 0 Å². The van der Waals surface area contributed by atoms with Gasteiger partial charge in [-0.2, -0.15) is 0 Å². The third kappa shape index (κ3) is 1.95. The lowest BCUT2D eigenvalue weighted by Crippen LogP contribution is -2.50. The molecule has 0 aliphatic carbocycles. The Bertz CT molecular complexity index is 116. The minimum Gasteiger partial charge on any atom is -0.376 e. The molecule has 1 rings (SSSR count). The van der Waals surface area contributed by atoms with Crippen LogP contribution in [0.5, 0.6) is 0 Å². The Kier molecular flexibility index (Phi) is 3.94. The van der Waals surface area contributed by atoms with Crippen molar-refractivity contribution in [2.24, 2.45) is 0 Å². The molecular weight excluding hydrogens is 160 g/mol. The van der Waals surface area contributed by atoms with Gasteiger partial charge in [0.15, 0.2) is 0 Å². The maximum atomic E-state index is 5.28. The SMILES string of the molecule is COC1[C@H](OC)COC[C@H]1OC. The van der Waals surface area contributed by atoms with Gasteiger partial charge >= 0.3 is 0 Å². The zero-order valence-electron chi connectivity index (χ0n) is 7.78. The molecule has 72 valence electrons. The van der Waals surface area contributed by atoms with Crippen LogP contribution in [0.25, 0.3) is 0 Å². The van der Waals surface area contributed by atoms with Crippen molar-refractivity contribution in [1.82, 2.24) is 0 Å². The predicted octanol–water partition coefficient (Wildman–Crippen LogP) is 0.0616. The summed E-state index contributed by atoms with van der Waals surface area (Å²) in [5.74, 6) is 0. The fourth-order valence-electron chi connectivity index (χ4n) is 1.44. The summed E-state index contributed by atoms with van der Waals surface area (Å²) in [5, 5.41) is 0. The van der Waals surface area contributed by atoms with E-state index in [0.29, 0.717) is 13.2 Å². The molecule has 12 heavy (non-hydrogen) atoms. The molecule has 0 aromatic heterocycles. The fourth-order valence-corrected chi connectivity index (χ4v) is 1.44. The fraction of sp³-hybridized carbons (Fsp3) is 1.00. The number of rotatable bonds is 3. The number of ether oxygens (including phenoxy) is 4. The molecule has 0 aromatic carbocycles. The van der Waals surface area contributed by atoms with Gasteiger partial charge in [0, 0.05) is 21.3 Å². The quantitative estimate of drug-likeness (QED) is 0.609. The van der Waals surface area contributed by atoms with Crippen molar-refractivity contribution < 1.29 is 18.9 Å². The molecule has 0 bridgehead atoms. The second-order valence-corrected chi connectivity index (χ2v) is 2.79. The summed E-state index contributed by atoms with van der Waals surface area (Å²) in [6.07, 6.45) is -0.0591. The number of methoxy groups -OCH3 is 3. The van der Waals surface area contributed by atoms with Crippen LogP contribution in [0.4, 0.5) is 0 Å². The smallest absolute Gasteiger partial charge is 0.114 e. The largest absolute Gasteiger partial charge is 0.376 e. The van der Waals surface area contributed by atoms with E-state index in [1.165, 1.54) is 0 Å². The van der Waals surface area contributed by atoms with Crippen molar-refractivity contribution in [3.8, 4) is 0 Å². The van der Waals surface area contributed by atoms with Crippen molar-refractivity contribution in [2.45, 2.75) is 18.3 Å². The van der Waals surface area contributed by atoms with E-state index in [0.717, 1.165) is 0 Å². The standard InChI is InChI=1S/C8H16O4/c1-9-6-4-12-5-7(10-2)8(6)11-3/h6-8H,4-5H2,1-3H3/t6-,7-/m1/s1. The first-order valence-electron chi connectivity index (χ1n) is 3.99. The van der Waals surface area contributed by atoms with E-state index in [-0.39, 0.29) is 18.3 Å². The first kappa shape index (κ1) is 9.92. The number of hydrogen-bond acceptors (Lipinski definition) is 4. The van der Waals surface area contributed by atoms with Crippen LogP contribution < -0.4 is 0 Å². The predicted molar refractivity (Wildman–Crippen MR) is 43.2 cm³/mol. The molecule has 0 amide bonds. The number of hydrogen-bond donors (Lipinski definition) is 0. The lowest BCUT2D eigenvalue weighted by atomic mass is 10.1. The molecule has 0 saturated carbocycles. The molecule has 0 unspecified atom stereocenters. The molecule has 0 spiro atoms. The van der Waals surface area contributed by atoms with Gasteiger partial charge in [-0.1, -0.05) is 0 Å². The van der Waals surface area contributed by atoms with Gasteiger partial charge in [0.25, 0.3) is 0 Å². The maximum Gasteiger partial charge on any atom is 0.114 e. The minimum atomic E-state index is -0.0197. The van der Waals surface area contributed by atoms with Crippen molar-refractivity contribution in [3.63, 3.8) is 0 Å². The Morgan fingerprint density at radius 2 is 1.42 bits per heavy atom. The summed E-state index contributed by atoms with van der Waals surface area (Å²) in [7, 11) is 4.96.